The number of thioether (sulfide) groups is 1. The number of methoxy groups -OCH3 is 1. The van der Waals surface area contributed by atoms with E-state index >= 15 is 0 Å². The number of anilines is 2. The lowest BCUT2D eigenvalue weighted by Crippen LogP contribution is -2.45. The van der Waals surface area contributed by atoms with Crippen LogP contribution in [0.1, 0.15) is 18.4 Å². The fourth-order valence-electron chi connectivity index (χ4n) is 4.77. The van der Waals surface area contributed by atoms with Crippen LogP contribution in [0, 0.1) is 0 Å². The number of hydrogen-bond acceptors (Lipinski definition) is 9. The van der Waals surface area contributed by atoms with Crippen LogP contribution in [0.15, 0.2) is 44.9 Å². The predicted molar refractivity (Wildman–Crippen MR) is 138 cm³/mol. The molecule has 1 atom stereocenters. The summed E-state index contributed by atoms with van der Waals surface area (Å²) in [7, 11) is -0.572. The summed E-state index contributed by atoms with van der Waals surface area (Å²) in [6.07, 6.45) is 2.75. The van der Waals surface area contributed by atoms with Crippen molar-refractivity contribution >= 4 is 55.5 Å². The second-order valence-electron chi connectivity index (χ2n) is 8.91. The molecule has 5 rings (SSSR count). The molecule has 0 radical (unpaired) electrons. The minimum absolute atomic E-state index is 0.0477. The average Bonchev–Trinajstić information content (AvgIpc) is 3.60. The molecule has 34 heavy (non-hydrogen) atoms. The van der Waals surface area contributed by atoms with Gasteiger partial charge in [0.2, 0.25) is 0 Å². The molecular formula is C23H28N4O4S3. The first kappa shape index (κ1) is 23.7. The zero-order chi connectivity index (χ0) is 23.9. The van der Waals surface area contributed by atoms with Gasteiger partial charge in [0.1, 0.15) is 4.21 Å². The zero-order valence-electron chi connectivity index (χ0n) is 19.2. The van der Waals surface area contributed by atoms with Gasteiger partial charge >= 0.3 is 5.97 Å². The van der Waals surface area contributed by atoms with Crippen molar-refractivity contribution in [2.45, 2.75) is 34.3 Å². The topological polar surface area (TPSA) is 91.3 Å². The van der Waals surface area contributed by atoms with E-state index in [1.54, 1.807) is 24.6 Å². The number of benzene rings is 1. The number of nitrogens with one attached hydrogen (secondary N) is 1. The Bertz CT molecular complexity index is 1200. The van der Waals surface area contributed by atoms with E-state index in [1.165, 1.54) is 22.8 Å². The van der Waals surface area contributed by atoms with Crippen molar-refractivity contribution in [3.05, 3.63) is 41.3 Å². The van der Waals surface area contributed by atoms with Gasteiger partial charge in [-0.1, -0.05) is 18.2 Å². The van der Waals surface area contributed by atoms with Crippen molar-refractivity contribution < 1.29 is 17.9 Å². The van der Waals surface area contributed by atoms with E-state index in [4.69, 9.17) is 9.73 Å². The third-order valence-electron chi connectivity index (χ3n) is 6.81. The highest BCUT2D eigenvalue weighted by Gasteiger charge is 2.43. The van der Waals surface area contributed by atoms with Crippen molar-refractivity contribution in [3.63, 3.8) is 0 Å². The largest absolute Gasteiger partial charge is 0.468 e. The van der Waals surface area contributed by atoms with E-state index < -0.39 is 10.0 Å². The lowest BCUT2D eigenvalue weighted by atomic mass is 9.96. The van der Waals surface area contributed by atoms with E-state index in [1.807, 2.05) is 23.9 Å². The monoisotopic (exact) mass is 520 g/mol. The first-order valence-electron chi connectivity index (χ1n) is 11.2. The Balaban J connectivity index is 1.27. The highest BCUT2D eigenvalue weighted by Crippen LogP contribution is 2.45. The summed E-state index contributed by atoms with van der Waals surface area (Å²) in [6.45, 7) is 2.85. The minimum atomic E-state index is -3.61. The van der Waals surface area contributed by atoms with Gasteiger partial charge in [-0.2, -0.15) is 0 Å². The van der Waals surface area contributed by atoms with Gasteiger partial charge in [-0.15, -0.1) is 23.1 Å². The van der Waals surface area contributed by atoms with Gasteiger partial charge in [-0.25, -0.2) is 8.42 Å². The first-order chi connectivity index (χ1) is 16.3. The Hall–Kier alpha value is -2.08. The number of para-hydroxylation sites is 1. The van der Waals surface area contributed by atoms with Crippen molar-refractivity contribution in [1.82, 2.24) is 4.90 Å². The summed E-state index contributed by atoms with van der Waals surface area (Å²) >= 11 is 3.08. The number of likely N-dealkylation sites (tertiary alicyclic amines) is 1. The van der Waals surface area contributed by atoms with Gasteiger partial charge in [0, 0.05) is 31.3 Å². The van der Waals surface area contributed by atoms with Crippen LogP contribution in [0.2, 0.25) is 0 Å². The molecule has 3 aliphatic rings. The van der Waals surface area contributed by atoms with Gasteiger partial charge < -0.3 is 10.1 Å². The van der Waals surface area contributed by atoms with Gasteiger partial charge in [-0.3, -0.25) is 19.0 Å². The Kier molecular flexibility index (Phi) is 6.38. The molecule has 1 N–H and O–H groups in total. The molecule has 0 aliphatic carbocycles. The highest BCUT2D eigenvalue weighted by molar-refractivity contribution is 8.15. The molecule has 8 nitrogen and oxygen atoms in total. The molecule has 1 fully saturated rings. The molecule has 0 bridgehead atoms. The number of thiophene rings is 1. The van der Waals surface area contributed by atoms with Gasteiger partial charge in [0.15, 0.2) is 0 Å². The second kappa shape index (κ2) is 9.18. The van der Waals surface area contributed by atoms with Crippen molar-refractivity contribution in [2.75, 3.05) is 50.0 Å². The number of esters is 1. The number of carbonyl (C=O) groups is 1. The van der Waals surface area contributed by atoms with E-state index in [0.717, 1.165) is 55.2 Å². The Morgan fingerprint density at radius 3 is 2.79 bits per heavy atom. The van der Waals surface area contributed by atoms with Crippen molar-refractivity contribution in [2.24, 2.45) is 4.99 Å². The summed E-state index contributed by atoms with van der Waals surface area (Å²) < 4.78 is 32.8. The average molecular weight is 521 g/mol. The van der Waals surface area contributed by atoms with Crippen LogP contribution in [0.25, 0.3) is 0 Å². The number of fused-ring (bicyclic) bond motifs is 1. The summed E-state index contributed by atoms with van der Waals surface area (Å²) in [6, 6.07) is 9.25. The lowest BCUT2D eigenvalue weighted by Gasteiger charge is -2.37. The first-order valence-corrected chi connectivity index (χ1v) is 14.4. The molecule has 1 saturated heterocycles. The fourth-order valence-corrected chi connectivity index (χ4v) is 8.51. The third-order valence-corrected chi connectivity index (χ3v) is 11.5. The number of carbonyl (C=O) groups excluding carboxylic acids is 1. The summed E-state index contributed by atoms with van der Waals surface area (Å²) in [5.74, 6) is -0.193. The summed E-state index contributed by atoms with van der Waals surface area (Å²) in [5.41, 5.74) is 2.63. The summed E-state index contributed by atoms with van der Waals surface area (Å²) in [5, 5.41) is 6.45. The molecule has 4 heterocycles. The SMILES string of the molecule is COC(=O)CN1CCC2(CC1)CN=C(C1Cc3cccc(N(C)S(=O)(=O)c4cccs4)c3N1)S2. The molecule has 1 unspecified atom stereocenters. The molecule has 11 heteroatoms. The van der Waals surface area contributed by atoms with Crippen LogP contribution >= 0.6 is 23.1 Å². The molecule has 0 saturated carbocycles. The second-order valence-corrected chi connectivity index (χ2v) is 13.5. The van der Waals surface area contributed by atoms with Gasteiger partial charge in [0.25, 0.3) is 10.0 Å². The normalized spacial score (nSPS) is 21.7. The molecular weight excluding hydrogens is 492 g/mol. The highest BCUT2D eigenvalue weighted by atomic mass is 32.2. The van der Waals surface area contributed by atoms with Crippen LogP contribution in [0.5, 0.6) is 0 Å². The van der Waals surface area contributed by atoms with Crippen LogP contribution in [-0.4, -0.2) is 75.5 Å². The maximum Gasteiger partial charge on any atom is 0.319 e. The summed E-state index contributed by atoms with van der Waals surface area (Å²) in [4.78, 5) is 18.7. The number of hydrogen-bond donors (Lipinski definition) is 1. The molecule has 1 spiro atoms. The van der Waals surface area contributed by atoms with E-state index in [2.05, 4.69) is 16.3 Å². The number of aliphatic imine (C=N–C) groups is 1. The van der Waals surface area contributed by atoms with Crippen molar-refractivity contribution in [3.8, 4) is 0 Å². The molecule has 0 amide bonds. The Morgan fingerprint density at radius 1 is 1.29 bits per heavy atom. The minimum Gasteiger partial charge on any atom is -0.468 e. The van der Waals surface area contributed by atoms with Crippen LogP contribution in [0.4, 0.5) is 11.4 Å². The van der Waals surface area contributed by atoms with E-state index in [-0.39, 0.29) is 16.8 Å². The molecule has 3 aliphatic heterocycles. The van der Waals surface area contributed by atoms with Crippen LogP contribution < -0.4 is 9.62 Å². The standard InChI is InChI=1S/C23H28N4O4S3/c1-26(34(29,30)20-7-4-12-32-20)18-6-3-5-16-13-17(25-21(16)18)22-24-15-23(33-22)8-10-27(11-9-23)14-19(28)31-2/h3-7,12,17,25H,8-11,13-15H2,1-2H3. The Labute approximate surface area is 208 Å². The lowest BCUT2D eigenvalue weighted by molar-refractivity contribution is -0.142. The number of nitrogens with zero attached hydrogens (tertiary/aromatic N) is 3. The number of rotatable bonds is 6. The van der Waals surface area contributed by atoms with Crippen molar-refractivity contribution in [1.29, 1.82) is 0 Å². The maximum absolute atomic E-state index is 13.1. The maximum atomic E-state index is 13.1. The zero-order valence-corrected chi connectivity index (χ0v) is 21.6. The molecule has 2 aromatic rings. The van der Waals surface area contributed by atoms with Gasteiger partial charge in [-0.05, 0) is 35.9 Å². The third kappa shape index (κ3) is 4.34. The molecule has 1 aromatic heterocycles. The Morgan fingerprint density at radius 2 is 2.09 bits per heavy atom. The number of sulfonamides is 1. The van der Waals surface area contributed by atoms with Crippen LogP contribution in [-0.2, 0) is 26.0 Å². The molecule has 1 aromatic carbocycles. The van der Waals surface area contributed by atoms with Gasteiger partial charge in [0.05, 0.1) is 42.7 Å². The quantitative estimate of drug-likeness (QED) is 0.586. The smallest absolute Gasteiger partial charge is 0.319 e. The molecule has 182 valence electrons. The fraction of sp³-hybridized carbons (Fsp3) is 0.478. The van der Waals surface area contributed by atoms with E-state index in [9.17, 15) is 13.2 Å². The van der Waals surface area contributed by atoms with E-state index in [0.29, 0.717) is 16.4 Å². The number of ether oxygens (including phenoxy) is 1. The number of piperidine rings is 1. The predicted octanol–water partition coefficient (Wildman–Crippen LogP) is 3.06. The van der Waals surface area contributed by atoms with Crippen LogP contribution in [0.3, 0.4) is 0 Å².